The number of nitrogens with one attached hydrogen (secondary N) is 1. The minimum absolute atomic E-state index is 0.0239. The normalized spacial score (nSPS) is 15.0. The molecule has 0 aliphatic heterocycles. The highest BCUT2D eigenvalue weighted by atomic mass is 19.1. The van der Waals surface area contributed by atoms with Crippen molar-refractivity contribution >= 4 is 5.91 Å². The third-order valence-corrected chi connectivity index (χ3v) is 3.94. The standard InChI is InChI=1S/C16H23FN2O2/c17-14-7-5-13(6-8-14)11-18-16(21)12-19(9-2-10-20)15-3-1-4-15/h5-8,15,20H,1-4,9-12H2,(H,18,21). The Morgan fingerprint density at radius 2 is 2.05 bits per heavy atom. The number of rotatable bonds is 8. The maximum absolute atomic E-state index is 12.8. The molecule has 0 spiro atoms. The Bertz CT molecular complexity index is 446. The number of benzene rings is 1. The molecule has 0 radical (unpaired) electrons. The molecule has 1 aromatic carbocycles. The fraction of sp³-hybridized carbons (Fsp3) is 0.562. The lowest BCUT2D eigenvalue weighted by Crippen LogP contribution is -2.46. The fourth-order valence-electron chi connectivity index (χ4n) is 2.46. The Kier molecular flexibility index (Phi) is 6.14. The van der Waals surface area contributed by atoms with Gasteiger partial charge in [0.15, 0.2) is 0 Å². The molecule has 21 heavy (non-hydrogen) atoms. The lowest BCUT2D eigenvalue weighted by atomic mass is 9.91. The van der Waals surface area contributed by atoms with Gasteiger partial charge in [-0.1, -0.05) is 18.6 Å². The summed E-state index contributed by atoms with van der Waals surface area (Å²) < 4.78 is 12.8. The maximum atomic E-state index is 12.8. The number of aliphatic hydroxyl groups excluding tert-OH is 1. The minimum atomic E-state index is -0.273. The third-order valence-electron chi connectivity index (χ3n) is 3.94. The van der Waals surface area contributed by atoms with E-state index >= 15 is 0 Å². The SMILES string of the molecule is O=C(CN(CCCO)C1CCC1)NCc1ccc(F)cc1. The summed E-state index contributed by atoms with van der Waals surface area (Å²) in [6, 6.07) is 6.61. The first-order valence-electron chi connectivity index (χ1n) is 7.55. The van der Waals surface area contributed by atoms with Crippen molar-refractivity contribution in [3.05, 3.63) is 35.6 Å². The Hall–Kier alpha value is -1.46. The number of nitrogens with zero attached hydrogens (tertiary/aromatic N) is 1. The molecule has 0 aromatic heterocycles. The van der Waals surface area contributed by atoms with Gasteiger partial charge in [-0.2, -0.15) is 0 Å². The van der Waals surface area contributed by atoms with Crippen molar-refractivity contribution in [1.29, 1.82) is 0 Å². The van der Waals surface area contributed by atoms with Crippen LogP contribution in [0.4, 0.5) is 4.39 Å². The quantitative estimate of drug-likeness (QED) is 0.767. The molecule has 5 heteroatoms. The first-order valence-corrected chi connectivity index (χ1v) is 7.55. The molecule has 0 saturated heterocycles. The van der Waals surface area contributed by atoms with Gasteiger partial charge in [0.25, 0.3) is 0 Å². The van der Waals surface area contributed by atoms with Crippen molar-refractivity contribution < 1.29 is 14.3 Å². The molecule has 0 unspecified atom stereocenters. The molecule has 1 aliphatic rings. The molecular formula is C16H23FN2O2. The molecule has 1 saturated carbocycles. The predicted molar refractivity (Wildman–Crippen MR) is 79.2 cm³/mol. The Balaban J connectivity index is 1.77. The number of carbonyl (C=O) groups is 1. The van der Waals surface area contributed by atoms with Crippen molar-refractivity contribution in [2.45, 2.75) is 38.3 Å². The van der Waals surface area contributed by atoms with Gasteiger partial charge in [0.05, 0.1) is 6.54 Å². The number of carbonyl (C=O) groups excluding carboxylic acids is 1. The van der Waals surface area contributed by atoms with Crippen molar-refractivity contribution in [3.63, 3.8) is 0 Å². The number of halogens is 1. The number of hydrogen-bond donors (Lipinski definition) is 2. The van der Waals surface area contributed by atoms with Gasteiger partial charge in [-0.15, -0.1) is 0 Å². The van der Waals surface area contributed by atoms with E-state index in [1.165, 1.54) is 18.6 Å². The topological polar surface area (TPSA) is 52.6 Å². The molecule has 4 nitrogen and oxygen atoms in total. The molecule has 2 N–H and O–H groups in total. The largest absolute Gasteiger partial charge is 0.396 e. The first-order chi connectivity index (χ1) is 10.2. The van der Waals surface area contributed by atoms with E-state index in [1.807, 2.05) is 0 Å². The molecule has 0 bridgehead atoms. The van der Waals surface area contributed by atoms with Gasteiger partial charge in [0.2, 0.25) is 5.91 Å². The Morgan fingerprint density at radius 1 is 1.33 bits per heavy atom. The summed E-state index contributed by atoms with van der Waals surface area (Å²) in [6.45, 7) is 1.69. The molecule has 0 heterocycles. The Morgan fingerprint density at radius 3 is 2.62 bits per heavy atom. The van der Waals surface area contributed by atoms with E-state index in [1.54, 1.807) is 12.1 Å². The molecule has 1 aromatic rings. The average Bonchev–Trinajstić information content (AvgIpc) is 2.42. The van der Waals surface area contributed by atoms with Gasteiger partial charge in [0, 0.05) is 25.7 Å². The smallest absolute Gasteiger partial charge is 0.234 e. The number of amides is 1. The number of aliphatic hydroxyl groups is 1. The second-order valence-electron chi connectivity index (χ2n) is 5.54. The zero-order valence-corrected chi connectivity index (χ0v) is 12.2. The van der Waals surface area contributed by atoms with Crippen LogP contribution in [-0.2, 0) is 11.3 Å². The fourth-order valence-corrected chi connectivity index (χ4v) is 2.46. The van der Waals surface area contributed by atoms with E-state index in [4.69, 9.17) is 5.11 Å². The van der Waals surface area contributed by atoms with Gasteiger partial charge in [-0.3, -0.25) is 9.69 Å². The summed E-state index contributed by atoms with van der Waals surface area (Å²) in [4.78, 5) is 14.2. The highest BCUT2D eigenvalue weighted by Crippen LogP contribution is 2.24. The van der Waals surface area contributed by atoms with Crippen LogP contribution in [0.15, 0.2) is 24.3 Å². The predicted octanol–water partition coefficient (Wildman–Crippen LogP) is 1.68. The summed E-state index contributed by atoms with van der Waals surface area (Å²) in [5.41, 5.74) is 0.885. The average molecular weight is 294 g/mol. The van der Waals surface area contributed by atoms with E-state index in [-0.39, 0.29) is 18.3 Å². The van der Waals surface area contributed by atoms with Crippen LogP contribution in [0.2, 0.25) is 0 Å². The van der Waals surface area contributed by atoms with Crippen molar-refractivity contribution in [3.8, 4) is 0 Å². The molecular weight excluding hydrogens is 271 g/mol. The van der Waals surface area contributed by atoms with Crippen LogP contribution in [0, 0.1) is 5.82 Å². The summed E-state index contributed by atoms with van der Waals surface area (Å²) in [7, 11) is 0. The first kappa shape index (κ1) is 15.9. The monoisotopic (exact) mass is 294 g/mol. The van der Waals surface area contributed by atoms with Gasteiger partial charge in [-0.25, -0.2) is 4.39 Å². The lowest BCUT2D eigenvalue weighted by molar-refractivity contribution is -0.123. The van der Waals surface area contributed by atoms with Crippen LogP contribution in [0.3, 0.4) is 0 Å². The second kappa shape index (κ2) is 8.10. The molecule has 1 amide bonds. The van der Waals surface area contributed by atoms with Gasteiger partial charge < -0.3 is 10.4 Å². The van der Waals surface area contributed by atoms with Crippen molar-refractivity contribution in [2.24, 2.45) is 0 Å². The van der Waals surface area contributed by atoms with Gasteiger partial charge >= 0.3 is 0 Å². The molecule has 1 fully saturated rings. The summed E-state index contributed by atoms with van der Waals surface area (Å²) in [5, 5.41) is 11.8. The third kappa shape index (κ3) is 5.10. The van der Waals surface area contributed by atoms with Crippen LogP contribution in [0.5, 0.6) is 0 Å². The summed E-state index contributed by atoms with van der Waals surface area (Å²) in [6.07, 6.45) is 4.19. The Labute approximate surface area is 125 Å². The van der Waals surface area contributed by atoms with Crippen LogP contribution in [0.25, 0.3) is 0 Å². The van der Waals surface area contributed by atoms with Crippen molar-refractivity contribution in [2.75, 3.05) is 19.7 Å². The van der Waals surface area contributed by atoms with Crippen LogP contribution >= 0.6 is 0 Å². The zero-order valence-electron chi connectivity index (χ0n) is 12.2. The maximum Gasteiger partial charge on any atom is 0.234 e. The van der Waals surface area contributed by atoms with Crippen molar-refractivity contribution in [1.82, 2.24) is 10.2 Å². The summed E-state index contributed by atoms with van der Waals surface area (Å²) in [5.74, 6) is -0.297. The van der Waals surface area contributed by atoms with E-state index < -0.39 is 0 Å². The van der Waals surface area contributed by atoms with Crippen LogP contribution in [-0.4, -0.2) is 41.7 Å². The summed E-state index contributed by atoms with van der Waals surface area (Å²) >= 11 is 0. The lowest BCUT2D eigenvalue weighted by Gasteiger charge is -2.37. The van der Waals surface area contributed by atoms with E-state index in [9.17, 15) is 9.18 Å². The van der Waals surface area contributed by atoms with Crippen LogP contribution < -0.4 is 5.32 Å². The molecule has 2 rings (SSSR count). The molecule has 116 valence electrons. The van der Waals surface area contributed by atoms with E-state index in [2.05, 4.69) is 10.2 Å². The highest BCUT2D eigenvalue weighted by Gasteiger charge is 2.25. The second-order valence-corrected chi connectivity index (χ2v) is 5.54. The molecule has 1 aliphatic carbocycles. The van der Waals surface area contributed by atoms with Crippen LogP contribution in [0.1, 0.15) is 31.2 Å². The van der Waals surface area contributed by atoms with E-state index in [0.717, 1.165) is 24.9 Å². The highest BCUT2D eigenvalue weighted by molar-refractivity contribution is 5.78. The van der Waals surface area contributed by atoms with Gasteiger partial charge in [0.1, 0.15) is 5.82 Å². The minimum Gasteiger partial charge on any atom is -0.396 e. The van der Waals surface area contributed by atoms with Gasteiger partial charge in [-0.05, 0) is 37.0 Å². The number of hydrogen-bond acceptors (Lipinski definition) is 3. The zero-order chi connectivity index (χ0) is 15.1. The molecule has 0 atom stereocenters. The van der Waals surface area contributed by atoms with E-state index in [0.29, 0.717) is 25.6 Å².